The number of nitrogens with two attached hydrogens (primary N) is 1. The molecule has 0 aliphatic carbocycles. The fourth-order valence-electron chi connectivity index (χ4n) is 1.60. The summed E-state index contributed by atoms with van der Waals surface area (Å²) >= 11 is 0. The number of nitrogens with zero attached hydrogens (tertiary/aromatic N) is 1. The lowest BCUT2D eigenvalue weighted by atomic mass is 10.0. The number of benzene rings is 1. The number of anilines is 1. The summed E-state index contributed by atoms with van der Waals surface area (Å²) in [6.07, 6.45) is 3.85. The van der Waals surface area contributed by atoms with Crippen LogP contribution in [0.2, 0.25) is 0 Å². The molecule has 1 rings (SSSR count). The van der Waals surface area contributed by atoms with Gasteiger partial charge in [0.05, 0.1) is 4.92 Å². The molecule has 0 saturated carbocycles. The minimum atomic E-state index is -0.514. The molecule has 0 spiro atoms. The molecule has 0 bridgehead atoms. The van der Waals surface area contributed by atoms with Gasteiger partial charge in [0.2, 0.25) is 0 Å². The number of nitrogens with one attached hydrogen (secondary N) is 1. The summed E-state index contributed by atoms with van der Waals surface area (Å²) in [5, 5.41) is 18.4. The number of nitro benzene ring substituents is 1. The lowest BCUT2D eigenvalue weighted by Crippen LogP contribution is -2.02. The highest BCUT2D eigenvalue weighted by Gasteiger charge is 2.12. The van der Waals surface area contributed by atoms with Crippen molar-refractivity contribution in [2.75, 3.05) is 5.73 Å². The van der Waals surface area contributed by atoms with Crippen molar-refractivity contribution < 1.29 is 4.92 Å². The molecule has 5 heteroatoms. The summed E-state index contributed by atoms with van der Waals surface area (Å²) in [4.78, 5) is 10.1. The second kappa shape index (κ2) is 5.98. The fraction of sp³-hybridized carbons (Fsp3) is 0.417. The molecule has 0 radical (unpaired) electrons. The molecule has 92 valence electrons. The first-order chi connectivity index (χ1) is 8.06. The monoisotopic (exact) mass is 235 g/mol. The number of nitrogen functional groups attached to an aromatic ring is 1. The molecule has 0 heterocycles. The third-order valence-corrected chi connectivity index (χ3v) is 2.60. The summed E-state index contributed by atoms with van der Waals surface area (Å²) in [5.74, 6) is 0. The first-order valence-corrected chi connectivity index (χ1v) is 5.68. The Morgan fingerprint density at radius 1 is 1.47 bits per heavy atom. The number of rotatable bonds is 6. The van der Waals surface area contributed by atoms with E-state index in [0.29, 0.717) is 17.7 Å². The van der Waals surface area contributed by atoms with Crippen LogP contribution in [-0.4, -0.2) is 10.6 Å². The van der Waals surface area contributed by atoms with Crippen molar-refractivity contribution in [2.24, 2.45) is 0 Å². The van der Waals surface area contributed by atoms with Crippen molar-refractivity contribution in [2.45, 2.75) is 32.6 Å². The zero-order chi connectivity index (χ0) is 12.8. The second-order valence-corrected chi connectivity index (χ2v) is 3.97. The van der Waals surface area contributed by atoms with E-state index in [4.69, 9.17) is 11.1 Å². The van der Waals surface area contributed by atoms with Crippen molar-refractivity contribution in [3.05, 3.63) is 33.9 Å². The summed E-state index contributed by atoms with van der Waals surface area (Å²) in [6.45, 7) is 2.10. The molecule has 0 aliphatic rings. The van der Waals surface area contributed by atoms with Gasteiger partial charge in [-0.25, -0.2) is 0 Å². The number of hydrogen-bond donors (Lipinski definition) is 2. The predicted molar refractivity (Wildman–Crippen MR) is 68.5 cm³/mol. The van der Waals surface area contributed by atoms with Gasteiger partial charge in [0, 0.05) is 11.8 Å². The van der Waals surface area contributed by atoms with Crippen LogP contribution < -0.4 is 5.73 Å². The Morgan fingerprint density at radius 3 is 2.71 bits per heavy atom. The van der Waals surface area contributed by atoms with Gasteiger partial charge in [-0.2, -0.15) is 0 Å². The maximum atomic E-state index is 10.6. The van der Waals surface area contributed by atoms with Crippen molar-refractivity contribution in [3.8, 4) is 0 Å². The Balaban J connectivity index is 2.76. The number of hydrogen-bond acceptors (Lipinski definition) is 4. The van der Waals surface area contributed by atoms with Crippen LogP contribution in [0, 0.1) is 15.5 Å². The highest BCUT2D eigenvalue weighted by Crippen LogP contribution is 2.23. The predicted octanol–water partition coefficient (Wildman–Crippen LogP) is 3.13. The molecule has 0 amide bonds. The summed E-state index contributed by atoms with van der Waals surface area (Å²) in [5.41, 5.74) is 6.75. The molecule has 3 N–H and O–H groups in total. The Kier molecular flexibility index (Phi) is 4.63. The molecule has 0 aromatic heterocycles. The van der Waals surface area contributed by atoms with Gasteiger partial charge in [-0.05, 0) is 30.5 Å². The molecular formula is C12H17N3O2. The average Bonchev–Trinajstić information content (AvgIpc) is 2.28. The Bertz CT molecular complexity index is 430. The zero-order valence-corrected chi connectivity index (χ0v) is 9.90. The summed E-state index contributed by atoms with van der Waals surface area (Å²) in [7, 11) is 0. The largest absolute Gasteiger partial charge is 0.393 e. The van der Waals surface area contributed by atoms with E-state index in [1.165, 1.54) is 12.1 Å². The van der Waals surface area contributed by atoms with Crippen LogP contribution in [0.4, 0.5) is 11.4 Å². The van der Waals surface area contributed by atoms with Gasteiger partial charge >= 0.3 is 0 Å². The van der Waals surface area contributed by atoms with Gasteiger partial charge < -0.3 is 11.1 Å². The van der Waals surface area contributed by atoms with E-state index in [1.807, 2.05) is 0 Å². The van der Waals surface area contributed by atoms with Gasteiger partial charge in [-0.15, -0.1) is 0 Å². The lowest BCUT2D eigenvalue weighted by Gasteiger charge is -2.05. The van der Waals surface area contributed by atoms with E-state index >= 15 is 0 Å². The third-order valence-electron chi connectivity index (χ3n) is 2.60. The van der Waals surface area contributed by atoms with E-state index in [1.54, 1.807) is 6.07 Å². The zero-order valence-electron chi connectivity index (χ0n) is 9.90. The number of unbranched alkanes of at least 4 members (excludes halogenated alkanes) is 2. The molecule has 0 aliphatic heterocycles. The van der Waals surface area contributed by atoms with E-state index in [0.717, 1.165) is 19.3 Å². The normalized spacial score (nSPS) is 10.2. The second-order valence-electron chi connectivity index (χ2n) is 3.97. The third kappa shape index (κ3) is 3.55. The summed E-state index contributed by atoms with van der Waals surface area (Å²) < 4.78 is 0. The quantitative estimate of drug-likeness (QED) is 0.261. The fourth-order valence-corrected chi connectivity index (χ4v) is 1.60. The highest BCUT2D eigenvalue weighted by molar-refractivity contribution is 5.99. The number of nitro groups is 1. The van der Waals surface area contributed by atoms with Gasteiger partial charge in [-0.3, -0.25) is 10.1 Å². The van der Waals surface area contributed by atoms with Crippen molar-refractivity contribution in [1.29, 1.82) is 5.41 Å². The molecular weight excluding hydrogens is 218 g/mol. The molecule has 5 nitrogen and oxygen atoms in total. The standard InChI is InChI=1S/C12H17N3O2/c1-2-3-4-5-10(13)9-6-7-12(15(16)17)11(14)8-9/h6-8,13H,2-5,14H2,1H3. The van der Waals surface area contributed by atoms with E-state index in [-0.39, 0.29) is 11.4 Å². The smallest absolute Gasteiger partial charge is 0.292 e. The lowest BCUT2D eigenvalue weighted by molar-refractivity contribution is -0.383. The molecule has 17 heavy (non-hydrogen) atoms. The van der Waals surface area contributed by atoms with Crippen LogP contribution in [-0.2, 0) is 0 Å². The minimum Gasteiger partial charge on any atom is -0.393 e. The van der Waals surface area contributed by atoms with Crippen LogP contribution in [0.3, 0.4) is 0 Å². The van der Waals surface area contributed by atoms with Gasteiger partial charge in [0.1, 0.15) is 5.69 Å². The first-order valence-electron chi connectivity index (χ1n) is 5.68. The maximum absolute atomic E-state index is 10.6. The Labute approximate surface area is 100 Å². The average molecular weight is 235 g/mol. The molecule has 0 saturated heterocycles. The van der Waals surface area contributed by atoms with E-state index < -0.39 is 4.92 Å². The van der Waals surface area contributed by atoms with E-state index in [9.17, 15) is 10.1 Å². The van der Waals surface area contributed by atoms with Crippen LogP contribution in [0.25, 0.3) is 0 Å². The summed E-state index contributed by atoms with van der Waals surface area (Å²) in [6, 6.07) is 4.45. The van der Waals surface area contributed by atoms with Crippen LogP contribution in [0.15, 0.2) is 18.2 Å². The van der Waals surface area contributed by atoms with Gasteiger partial charge in [0.15, 0.2) is 0 Å². The van der Waals surface area contributed by atoms with Crippen molar-refractivity contribution in [1.82, 2.24) is 0 Å². The molecule has 0 unspecified atom stereocenters. The SMILES string of the molecule is CCCCCC(=N)c1ccc([N+](=O)[O-])c(N)c1. The van der Waals surface area contributed by atoms with Crippen molar-refractivity contribution in [3.63, 3.8) is 0 Å². The van der Waals surface area contributed by atoms with Crippen LogP contribution in [0.5, 0.6) is 0 Å². The minimum absolute atomic E-state index is 0.102. The Hall–Kier alpha value is -1.91. The van der Waals surface area contributed by atoms with Crippen LogP contribution in [0.1, 0.15) is 38.2 Å². The van der Waals surface area contributed by atoms with E-state index in [2.05, 4.69) is 6.92 Å². The van der Waals surface area contributed by atoms with Crippen molar-refractivity contribution >= 4 is 17.1 Å². The molecule has 0 fully saturated rings. The molecule has 1 aromatic rings. The van der Waals surface area contributed by atoms with Gasteiger partial charge in [0.25, 0.3) is 5.69 Å². The topological polar surface area (TPSA) is 93.0 Å². The molecule has 1 aromatic carbocycles. The van der Waals surface area contributed by atoms with Crippen LogP contribution >= 0.6 is 0 Å². The molecule has 0 atom stereocenters. The Morgan fingerprint density at radius 2 is 2.18 bits per heavy atom. The highest BCUT2D eigenvalue weighted by atomic mass is 16.6. The van der Waals surface area contributed by atoms with Gasteiger partial charge in [-0.1, -0.05) is 19.8 Å². The maximum Gasteiger partial charge on any atom is 0.292 e. The first kappa shape index (κ1) is 13.2.